The van der Waals surface area contributed by atoms with E-state index in [-0.39, 0.29) is 5.75 Å². The molecular weight excluding hydrogens is 279 g/mol. The van der Waals surface area contributed by atoms with E-state index in [1.165, 1.54) is 6.07 Å². The van der Waals surface area contributed by atoms with Crippen molar-refractivity contribution < 1.29 is 26.7 Å². The van der Waals surface area contributed by atoms with Crippen molar-refractivity contribution in [2.45, 2.75) is 6.18 Å². The highest BCUT2D eigenvalue weighted by molar-refractivity contribution is 5.75. The van der Waals surface area contributed by atoms with Crippen molar-refractivity contribution in [3.05, 3.63) is 53.6 Å². The summed E-state index contributed by atoms with van der Waals surface area (Å²) in [5.74, 6) is -2.74. The molecule has 2 aromatic carbocycles. The van der Waals surface area contributed by atoms with E-state index in [0.29, 0.717) is 0 Å². The van der Waals surface area contributed by atoms with Gasteiger partial charge in [-0.2, -0.15) is 13.2 Å². The van der Waals surface area contributed by atoms with Crippen molar-refractivity contribution in [2.75, 3.05) is 7.11 Å². The van der Waals surface area contributed by atoms with Crippen LogP contribution >= 0.6 is 0 Å². The minimum atomic E-state index is -4.71. The summed E-state index contributed by atoms with van der Waals surface area (Å²) in [6, 6.07) is 6.24. The average Bonchev–Trinajstić information content (AvgIpc) is 2.40. The van der Waals surface area contributed by atoms with Gasteiger partial charge in [-0.25, -0.2) is 8.78 Å². The molecule has 0 N–H and O–H groups in total. The predicted molar refractivity (Wildman–Crippen MR) is 63.3 cm³/mol. The second kappa shape index (κ2) is 5.11. The molecule has 1 nitrogen and oxygen atoms in total. The quantitative estimate of drug-likeness (QED) is 0.730. The summed E-state index contributed by atoms with van der Waals surface area (Å²) in [5, 5.41) is 0. The number of alkyl halides is 3. The summed E-state index contributed by atoms with van der Waals surface area (Å²) in [6.45, 7) is 0. The number of hydrogen-bond donors (Lipinski definition) is 0. The third-order valence-electron chi connectivity index (χ3n) is 2.77. The molecular formula is C14H9F5O. The first-order chi connectivity index (χ1) is 9.36. The molecule has 0 aliphatic rings. The van der Waals surface area contributed by atoms with E-state index >= 15 is 0 Å². The zero-order valence-corrected chi connectivity index (χ0v) is 10.3. The first-order valence-corrected chi connectivity index (χ1v) is 5.55. The van der Waals surface area contributed by atoms with Gasteiger partial charge in [0.1, 0.15) is 5.75 Å². The maximum atomic E-state index is 13.8. The molecule has 0 atom stereocenters. The van der Waals surface area contributed by atoms with E-state index in [0.717, 1.165) is 37.4 Å². The fourth-order valence-electron chi connectivity index (χ4n) is 1.91. The number of methoxy groups -OCH3 is 1. The molecule has 0 aromatic heterocycles. The van der Waals surface area contributed by atoms with Gasteiger partial charge >= 0.3 is 6.18 Å². The molecule has 0 saturated heterocycles. The van der Waals surface area contributed by atoms with Crippen molar-refractivity contribution in [1.29, 1.82) is 0 Å². The highest BCUT2D eigenvalue weighted by atomic mass is 19.4. The molecule has 20 heavy (non-hydrogen) atoms. The van der Waals surface area contributed by atoms with Gasteiger partial charge in [0.2, 0.25) is 0 Å². The minimum absolute atomic E-state index is 0.177. The number of hydrogen-bond acceptors (Lipinski definition) is 1. The van der Waals surface area contributed by atoms with Crippen LogP contribution in [-0.4, -0.2) is 7.11 Å². The zero-order chi connectivity index (χ0) is 14.9. The Labute approximate surface area is 111 Å². The molecule has 2 rings (SSSR count). The van der Waals surface area contributed by atoms with E-state index < -0.39 is 34.5 Å². The summed E-state index contributed by atoms with van der Waals surface area (Å²) in [4.78, 5) is 0. The van der Waals surface area contributed by atoms with Gasteiger partial charge in [0.05, 0.1) is 12.7 Å². The molecule has 0 aliphatic heterocycles. The molecule has 106 valence electrons. The van der Waals surface area contributed by atoms with Crippen LogP contribution in [0.4, 0.5) is 22.0 Å². The number of halogens is 5. The van der Waals surface area contributed by atoms with Crippen molar-refractivity contribution in [1.82, 2.24) is 0 Å². The lowest BCUT2D eigenvalue weighted by atomic mass is 9.97. The highest BCUT2D eigenvalue weighted by Gasteiger charge is 2.36. The third-order valence-corrected chi connectivity index (χ3v) is 2.77. The van der Waals surface area contributed by atoms with Crippen LogP contribution in [0.25, 0.3) is 11.1 Å². The van der Waals surface area contributed by atoms with Crippen LogP contribution in [0.3, 0.4) is 0 Å². The van der Waals surface area contributed by atoms with E-state index in [2.05, 4.69) is 0 Å². The molecule has 0 amide bonds. The summed E-state index contributed by atoms with van der Waals surface area (Å²) >= 11 is 0. The lowest BCUT2D eigenvalue weighted by molar-refractivity contribution is -0.137. The fourth-order valence-corrected chi connectivity index (χ4v) is 1.91. The molecule has 0 saturated carbocycles. The Balaban J connectivity index is 2.81. The SMILES string of the molecule is COc1cccc(C(F)(F)F)c1-c1cccc(F)c1F. The summed E-state index contributed by atoms with van der Waals surface area (Å²) in [6.07, 6.45) is -4.71. The second-order valence-corrected chi connectivity index (χ2v) is 3.98. The first kappa shape index (κ1) is 14.3. The molecule has 2 aromatic rings. The van der Waals surface area contributed by atoms with Crippen LogP contribution in [0.5, 0.6) is 5.75 Å². The van der Waals surface area contributed by atoms with Crippen LogP contribution in [-0.2, 0) is 6.18 Å². The van der Waals surface area contributed by atoms with Gasteiger partial charge in [0.25, 0.3) is 0 Å². The van der Waals surface area contributed by atoms with Gasteiger partial charge in [-0.3, -0.25) is 0 Å². The zero-order valence-electron chi connectivity index (χ0n) is 10.3. The Morgan fingerprint density at radius 2 is 1.60 bits per heavy atom. The van der Waals surface area contributed by atoms with E-state index in [1.54, 1.807) is 0 Å². The number of rotatable bonds is 2. The van der Waals surface area contributed by atoms with Crippen LogP contribution in [0.2, 0.25) is 0 Å². The summed E-state index contributed by atoms with van der Waals surface area (Å²) < 4.78 is 70.9. The Morgan fingerprint density at radius 3 is 2.20 bits per heavy atom. The van der Waals surface area contributed by atoms with Crippen LogP contribution < -0.4 is 4.74 Å². The monoisotopic (exact) mass is 288 g/mol. The lowest BCUT2D eigenvalue weighted by Crippen LogP contribution is -2.09. The molecule has 0 fully saturated rings. The summed E-state index contributed by atoms with van der Waals surface area (Å²) in [5.41, 5.74) is -2.09. The van der Waals surface area contributed by atoms with Crippen LogP contribution in [0.1, 0.15) is 5.56 Å². The molecule has 0 bridgehead atoms. The number of benzene rings is 2. The molecule has 0 aliphatic carbocycles. The van der Waals surface area contributed by atoms with E-state index in [9.17, 15) is 22.0 Å². The maximum absolute atomic E-state index is 13.8. The molecule has 0 radical (unpaired) electrons. The van der Waals surface area contributed by atoms with Crippen molar-refractivity contribution in [3.63, 3.8) is 0 Å². The fraction of sp³-hybridized carbons (Fsp3) is 0.143. The van der Waals surface area contributed by atoms with Crippen molar-refractivity contribution in [2.24, 2.45) is 0 Å². The second-order valence-electron chi connectivity index (χ2n) is 3.98. The van der Waals surface area contributed by atoms with Crippen molar-refractivity contribution in [3.8, 4) is 16.9 Å². The Morgan fingerprint density at radius 1 is 0.950 bits per heavy atom. The largest absolute Gasteiger partial charge is 0.496 e. The average molecular weight is 288 g/mol. The van der Waals surface area contributed by atoms with Gasteiger partial charge in [0, 0.05) is 11.1 Å². The molecule has 0 unspecified atom stereocenters. The van der Waals surface area contributed by atoms with Gasteiger partial charge in [0.15, 0.2) is 11.6 Å². The smallest absolute Gasteiger partial charge is 0.417 e. The topological polar surface area (TPSA) is 9.23 Å². The first-order valence-electron chi connectivity index (χ1n) is 5.55. The lowest BCUT2D eigenvalue weighted by Gasteiger charge is -2.16. The third kappa shape index (κ3) is 2.45. The Bertz CT molecular complexity index is 634. The molecule has 6 heteroatoms. The maximum Gasteiger partial charge on any atom is 0.417 e. The van der Waals surface area contributed by atoms with Crippen LogP contribution in [0.15, 0.2) is 36.4 Å². The Kier molecular flexibility index (Phi) is 3.65. The van der Waals surface area contributed by atoms with Gasteiger partial charge < -0.3 is 4.74 Å². The summed E-state index contributed by atoms with van der Waals surface area (Å²) in [7, 11) is 1.16. The number of ether oxygens (including phenoxy) is 1. The van der Waals surface area contributed by atoms with Gasteiger partial charge in [-0.05, 0) is 18.2 Å². The van der Waals surface area contributed by atoms with E-state index in [1.807, 2.05) is 0 Å². The van der Waals surface area contributed by atoms with Crippen molar-refractivity contribution >= 4 is 0 Å². The van der Waals surface area contributed by atoms with Gasteiger partial charge in [-0.15, -0.1) is 0 Å². The van der Waals surface area contributed by atoms with Gasteiger partial charge in [-0.1, -0.05) is 18.2 Å². The van der Waals surface area contributed by atoms with E-state index in [4.69, 9.17) is 4.74 Å². The Hall–Kier alpha value is -2.11. The molecule has 0 heterocycles. The standard InChI is InChI=1S/C14H9F5O/c1-20-11-7-3-5-9(14(17,18)19)12(11)8-4-2-6-10(15)13(8)16/h2-7H,1H3. The minimum Gasteiger partial charge on any atom is -0.496 e. The molecule has 0 spiro atoms. The highest BCUT2D eigenvalue weighted by Crippen LogP contribution is 2.43. The van der Waals surface area contributed by atoms with Crippen LogP contribution in [0, 0.1) is 11.6 Å². The normalized spacial score (nSPS) is 11.5. The predicted octanol–water partition coefficient (Wildman–Crippen LogP) is 4.66.